The largest absolute Gasteiger partial charge is 0.480 e. The number of fused-ring (bicyclic) bond motifs is 1. The summed E-state index contributed by atoms with van der Waals surface area (Å²) in [6.07, 6.45) is 0. The van der Waals surface area contributed by atoms with E-state index in [1.807, 2.05) is 62.4 Å². The van der Waals surface area contributed by atoms with Crippen molar-refractivity contribution in [3.63, 3.8) is 0 Å². The van der Waals surface area contributed by atoms with Gasteiger partial charge >= 0.3 is 5.97 Å². The van der Waals surface area contributed by atoms with Crippen LogP contribution in [0.1, 0.15) is 19.4 Å². The van der Waals surface area contributed by atoms with Crippen LogP contribution in [0.4, 0.5) is 17.5 Å². The van der Waals surface area contributed by atoms with Crippen molar-refractivity contribution in [2.45, 2.75) is 26.4 Å². The summed E-state index contributed by atoms with van der Waals surface area (Å²) >= 11 is 0. The zero-order chi connectivity index (χ0) is 19.4. The number of nitrogens with two attached hydrogens (primary N) is 1. The van der Waals surface area contributed by atoms with Crippen LogP contribution in [0.5, 0.6) is 0 Å². The van der Waals surface area contributed by atoms with Crippen LogP contribution in [0.3, 0.4) is 0 Å². The van der Waals surface area contributed by atoms with Crippen molar-refractivity contribution in [1.29, 1.82) is 0 Å². The van der Waals surface area contributed by atoms with Crippen LogP contribution in [-0.2, 0) is 11.3 Å². The number of aromatic nitrogens is 2. The number of anilines is 3. The van der Waals surface area contributed by atoms with Gasteiger partial charge in [0.15, 0.2) is 0 Å². The number of rotatable bonds is 7. The van der Waals surface area contributed by atoms with Crippen molar-refractivity contribution in [1.82, 2.24) is 9.97 Å². The summed E-state index contributed by atoms with van der Waals surface area (Å²) in [4.78, 5) is 20.5. The van der Waals surface area contributed by atoms with E-state index in [1.54, 1.807) is 0 Å². The lowest BCUT2D eigenvalue weighted by molar-refractivity contribution is -0.138. The first-order valence-corrected chi connectivity index (χ1v) is 8.80. The Morgan fingerprint density at radius 3 is 2.63 bits per heavy atom. The van der Waals surface area contributed by atoms with E-state index < -0.39 is 12.0 Å². The lowest BCUT2D eigenvalue weighted by atomic mass is 10.1. The van der Waals surface area contributed by atoms with Crippen LogP contribution >= 0.6 is 0 Å². The number of nitrogens with one attached hydrogen (secondary N) is 2. The van der Waals surface area contributed by atoms with E-state index in [2.05, 4.69) is 20.6 Å². The minimum absolute atomic E-state index is 0.116. The van der Waals surface area contributed by atoms with E-state index in [0.717, 1.165) is 22.2 Å². The van der Waals surface area contributed by atoms with Gasteiger partial charge in [-0.15, -0.1) is 0 Å². The molecule has 0 unspecified atom stereocenters. The number of hydrogen-bond acceptors (Lipinski definition) is 6. The summed E-state index contributed by atoms with van der Waals surface area (Å²) in [6, 6.07) is 14.6. The molecule has 0 saturated heterocycles. The molecule has 1 aromatic heterocycles. The third kappa shape index (κ3) is 4.32. The molecular weight excluding hydrogens is 342 g/mol. The first kappa shape index (κ1) is 18.6. The molecule has 0 saturated carbocycles. The summed E-state index contributed by atoms with van der Waals surface area (Å²) in [6.45, 7) is 4.12. The van der Waals surface area contributed by atoms with Crippen LogP contribution in [0, 0.1) is 5.92 Å². The SMILES string of the molecule is CC(C)[C@H](Nc1nc(Nc2cccc(CN)c2)c2ccccc2n1)C(=O)O. The third-order valence-corrected chi connectivity index (χ3v) is 4.25. The second-order valence-electron chi connectivity index (χ2n) is 6.65. The van der Waals surface area contributed by atoms with Gasteiger partial charge < -0.3 is 21.5 Å². The lowest BCUT2D eigenvalue weighted by Crippen LogP contribution is -2.35. The molecule has 5 N–H and O–H groups in total. The molecule has 1 atom stereocenters. The standard InChI is InChI=1S/C20H23N5O2/c1-12(2)17(19(26)27)24-20-23-16-9-4-3-8-15(16)18(25-20)22-14-7-5-6-13(10-14)11-21/h3-10,12,17H,11,21H2,1-2H3,(H,26,27)(H2,22,23,24,25)/t17-/m0/s1. The Labute approximate surface area is 157 Å². The highest BCUT2D eigenvalue weighted by Crippen LogP contribution is 2.26. The molecule has 27 heavy (non-hydrogen) atoms. The predicted molar refractivity (Wildman–Crippen MR) is 107 cm³/mol. The molecule has 0 radical (unpaired) electrons. The van der Waals surface area contributed by atoms with Crippen molar-refractivity contribution in [2.75, 3.05) is 10.6 Å². The van der Waals surface area contributed by atoms with E-state index in [-0.39, 0.29) is 11.9 Å². The summed E-state index contributed by atoms with van der Waals surface area (Å²) in [5.74, 6) is -0.181. The van der Waals surface area contributed by atoms with Gasteiger partial charge in [0, 0.05) is 17.6 Å². The topological polar surface area (TPSA) is 113 Å². The normalized spacial score (nSPS) is 12.1. The number of carboxylic acids is 1. The molecule has 0 fully saturated rings. The Hall–Kier alpha value is -3.19. The van der Waals surface area contributed by atoms with E-state index >= 15 is 0 Å². The Kier molecular flexibility index (Phi) is 5.52. The Balaban J connectivity index is 2.01. The number of aliphatic carboxylic acids is 1. The van der Waals surface area contributed by atoms with E-state index in [0.29, 0.717) is 12.4 Å². The van der Waals surface area contributed by atoms with Gasteiger partial charge in [-0.05, 0) is 35.7 Å². The average Bonchev–Trinajstić information content (AvgIpc) is 2.65. The van der Waals surface area contributed by atoms with Gasteiger partial charge in [0.05, 0.1) is 5.52 Å². The monoisotopic (exact) mass is 365 g/mol. The number of carboxylic acid groups (broad SMARTS) is 1. The van der Waals surface area contributed by atoms with Crippen molar-refractivity contribution >= 4 is 34.3 Å². The number of benzene rings is 2. The van der Waals surface area contributed by atoms with Gasteiger partial charge in [-0.2, -0.15) is 4.98 Å². The Morgan fingerprint density at radius 1 is 1.15 bits per heavy atom. The second-order valence-corrected chi connectivity index (χ2v) is 6.65. The molecule has 0 spiro atoms. The average molecular weight is 365 g/mol. The zero-order valence-corrected chi connectivity index (χ0v) is 15.3. The third-order valence-electron chi connectivity index (χ3n) is 4.25. The summed E-state index contributed by atoms with van der Waals surface area (Å²) in [5.41, 5.74) is 8.30. The summed E-state index contributed by atoms with van der Waals surface area (Å²) in [7, 11) is 0. The molecule has 0 amide bonds. The fraction of sp³-hybridized carbons (Fsp3) is 0.250. The van der Waals surface area contributed by atoms with Crippen LogP contribution in [0.15, 0.2) is 48.5 Å². The van der Waals surface area contributed by atoms with Gasteiger partial charge in [-0.1, -0.05) is 38.1 Å². The van der Waals surface area contributed by atoms with E-state index in [9.17, 15) is 9.90 Å². The summed E-state index contributed by atoms with van der Waals surface area (Å²) in [5, 5.41) is 16.5. The maximum atomic E-state index is 11.5. The zero-order valence-electron chi connectivity index (χ0n) is 15.3. The van der Waals surface area contributed by atoms with Gasteiger partial charge in [-0.3, -0.25) is 0 Å². The number of carbonyl (C=O) groups is 1. The lowest BCUT2D eigenvalue weighted by Gasteiger charge is -2.19. The van der Waals surface area contributed by atoms with Crippen LogP contribution in [0.25, 0.3) is 10.9 Å². The van der Waals surface area contributed by atoms with Crippen LogP contribution in [0.2, 0.25) is 0 Å². The number of para-hydroxylation sites is 1. The molecule has 2 aromatic carbocycles. The maximum absolute atomic E-state index is 11.5. The van der Waals surface area contributed by atoms with Gasteiger partial charge in [0.25, 0.3) is 0 Å². The molecule has 0 aliphatic carbocycles. The molecule has 1 heterocycles. The Morgan fingerprint density at radius 2 is 1.93 bits per heavy atom. The van der Waals surface area contributed by atoms with Crippen molar-refractivity contribution in [2.24, 2.45) is 11.7 Å². The van der Waals surface area contributed by atoms with Crippen LogP contribution in [-0.4, -0.2) is 27.1 Å². The smallest absolute Gasteiger partial charge is 0.326 e. The fourth-order valence-electron chi connectivity index (χ4n) is 2.80. The predicted octanol–water partition coefficient (Wildman–Crippen LogP) is 3.35. The van der Waals surface area contributed by atoms with Gasteiger partial charge in [-0.25, -0.2) is 9.78 Å². The maximum Gasteiger partial charge on any atom is 0.326 e. The molecule has 140 valence electrons. The molecule has 3 rings (SSSR count). The highest BCUT2D eigenvalue weighted by molar-refractivity contribution is 5.92. The van der Waals surface area contributed by atoms with Gasteiger partial charge in [0.1, 0.15) is 11.9 Å². The minimum Gasteiger partial charge on any atom is -0.480 e. The highest BCUT2D eigenvalue weighted by atomic mass is 16.4. The highest BCUT2D eigenvalue weighted by Gasteiger charge is 2.22. The molecule has 3 aromatic rings. The van der Waals surface area contributed by atoms with Crippen molar-refractivity contribution in [3.8, 4) is 0 Å². The van der Waals surface area contributed by atoms with E-state index in [4.69, 9.17) is 5.73 Å². The quantitative estimate of drug-likeness (QED) is 0.508. The molecule has 0 aliphatic heterocycles. The molecular formula is C20H23N5O2. The number of hydrogen-bond donors (Lipinski definition) is 4. The molecule has 0 aliphatic rings. The second kappa shape index (κ2) is 8.01. The Bertz CT molecular complexity index is 958. The first-order valence-electron chi connectivity index (χ1n) is 8.80. The van der Waals surface area contributed by atoms with E-state index in [1.165, 1.54) is 0 Å². The fourth-order valence-corrected chi connectivity index (χ4v) is 2.80. The van der Waals surface area contributed by atoms with Crippen molar-refractivity contribution in [3.05, 3.63) is 54.1 Å². The first-order chi connectivity index (χ1) is 13.0. The van der Waals surface area contributed by atoms with Crippen LogP contribution < -0.4 is 16.4 Å². The van der Waals surface area contributed by atoms with Gasteiger partial charge in [0.2, 0.25) is 5.95 Å². The minimum atomic E-state index is -0.938. The molecule has 7 heteroatoms. The van der Waals surface area contributed by atoms with Crippen molar-refractivity contribution < 1.29 is 9.90 Å². The molecule has 7 nitrogen and oxygen atoms in total. The molecule has 0 bridgehead atoms. The summed E-state index contributed by atoms with van der Waals surface area (Å²) < 4.78 is 0. The number of nitrogens with zero attached hydrogens (tertiary/aromatic N) is 2.